The van der Waals surface area contributed by atoms with E-state index >= 15 is 0 Å². The summed E-state index contributed by atoms with van der Waals surface area (Å²) in [6.07, 6.45) is 0. The van der Waals surface area contributed by atoms with Crippen LogP contribution in [0.1, 0.15) is 11.5 Å². The number of benzene rings is 1. The number of rotatable bonds is 6. The average molecular weight is 279 g/mol. The Morgan fingerprint density at radius 3 is 2.45 bits per heavy atom. The molecule has 0 aliphatic heterocycles. The molecule has 2 aromatic rings. The molecule has 108 valence electrons. The zero-order chi connectivity index (χ0) is 14.5. The van der Waals surface area contributed by atoms with Crippen LogP contribution in [0.3, 0.4) is 0 Å². The molecule has 0 spiro atoms. The maximum Gasteiger partial charge on any atom is 0.240 e. The summed E-state index contributed by atoms with van der Waals surface area (Å²) in [7, 11) is 4.78. The Morgan fingerprint density at radius 1 is 1.15 bits per heavy atom. The monoisotopic (exact) mass is 279 g/mol. The molecule has 20 heavy (non-hydrogen) atoms. The van der Waals surface area contributed by atoms with Crippen LogP contribution in [0, 0.1) is 0 Å². The topological polar surface area (TPSA) is 92.6 Å². The number of ether oxygens (including phenoxy) is 3. The fourth-order valence-electron chi connectivity index (χ4n) is 1.85. The molecule has 1 aromatic heterocycles. The first-order chi connectivity index (χ1) is 9.73. The lowest BCUT2D eigenvalue weighted by Gasteiger charge is -2.12. The predicted molar refractivity (Wildman–Crippen MR) is 71.4 cm³/mol. The van der Waals surface area contributed by atoms with Gasteiger partial charge >= 0.3 is 0 Å². The minimum Gasteiger partial charge on any atom is -0.496 e. The second-order valence-electron chi connectivity index (χ2n) is 4.01. The summed E-state index contributed by atoms with van der Waals surface area (Å²) >= 11 is 0. The van der Waals surface area contributed by atoms with Crippen LogP contribution in [-0.4, -0.2) is 31.5 Å². The summed E-state index contributed by atoms with van der Waals surface area (Å²) in [4.78, 5) is 4.19. The summed E-state index contributed by atoms with van der Waals surface area (Å²) in [6, 6.07) is 3.62. The van der Waals surface area contributed by atoms with E-state index < -0.39 is 0 Å². The summed E-state index contributed by atoms with van der Waals surface area (Å²) in [5.74, 6) is 2.05. The zero-order valence-corrected chi connectivity index (χ0v) is 11.7. The molecule has 0 amide bonds. The third kappa shape index (κ3) is 2.73. The highest BCUT2D eigenvalue weighted by molar-refractivity contribution is 5.67. The van der Waals surface area contributed by atoms with Gasteiger partial charge in [0.2, 0.25) is 11.7 Å². The van der Waals surface area contributed by atoms with Crippen LogP contribution in [0.2, 0.25) is 0 Å². The van der Waals surface area contributed by atoms with Gasteiger partial charge < -0.3 is 24.5 Å². The van der Waals surface area contributed by atoms with Crippen LogP contribution in [0.4, 0.5) is 0 Å². The van der Waals surface area contributed by atoms with Crippen molar-refractivity contribution >= 4 is 0 Å². The maximum absolute atomic E-state index is 5.46. The smallest absolute Gasteiger partial charge is 0.240 e. The highest BCUT2D eigenvalue weighted by Crippen LogP contribution is 2.35. The van der Waals surface area contributed by atoms with E-state index in [9.17, 15) is 0 Å². The van der Waals surface area contributed by atoms with Crippen molar-refractivity contribution in [1.29, 1.82) is 0 Å². The van der Waals surface area contributed by atoms with Gasteiger partial charge in [0.15, 0.2) is 0 Å². The SMILES string of the molecule is COCc1cc(OC)c(-c2noc(CN)n2)cc1OC. The number of hydrogen-bond donors (Lipinski definition) is 1. The third-order valence-electron chi connectivity index (χ3n) is 2.79. The molecule has 0 unspecified atom stereocenters. The Balaban J connectivity index is 2.50. The fourth-order valence-corrected chi connectivity index (χ4v) is 1.85. The molecule has 7 heteroatoms. The summed E-state index contributed by atoms with van der Waals surface area (Å²) < 4.78 is 20.9. The summed E-state index contributed by atoms with van der Waals surface area (Å²) in [5.41, 5.74) is 7.01. The van der Waals surface area contributed by atoms with E-state index in [4.69, 9.17) is 24.5 Å². The lowest BCUT2D eigenvalue weighted by Crippen LogP contribution is -1.99. The van der Waals surface area contributed by atoms with Crippen LogP contribution in [0.15, 0.2) is 16.7 Å². The van der Waals surface area contributed by atoms with Gasteiger partial charge in [0.1, 0.15) is 11.5 Å². The van der Waals surface area contributed by atoms with E-state index in [2.05, 4.69) is 10.1 Å². The first kappa shape index (κ1) is 14.3. The van der Waals surface area contributed by atoms with E-state index in [1.165, 1.54) is 0 Å². The van der Waals surface area contributed by atoms with Gasteiger partial charge in [0.05, 0.1) is 32.9 Å². The van der Waals surface area contributed by atoms with Gasteiger partial charge in [0.25, 0.3) is 0 Å². The van der Waals surface area contributed by atoms with Crippen molar-refractivity contribution in [3.05, 3.63) is 23.6 Å². The van der Waals surface area contributed by atoms with Gasteiger partial charge in [-0.15, -0.1) is 0 Å². The molecule has 0 atom stereocenters. The lowest BCUT2D eigenvalue weighted by atomic mass is 10.1. The first-order valence-electron chi connectivity index (χ1n) is 6.00. The number of aromatic nitrogens is 2. The van der Waals surface area contributed by atoms with E-state index in [-0.39, 0.29) is 6.54 Å². The van der Waals surface area contributed by atoms with E-state index in [1.807, 2.05) is 6.07 Å². The van der Waals surface area contributed by atoms with Crippen molar-refractivity contribution in [1.82, 2.24) is 10.1 Å². The van der Waals surface area contributed by atoms with Crippen molar-refractivity contribution in [2.45, 2.75) is 13.2 Å². The van der Waals surface area contributed by atoms with Crippen molar-refractivity contribution in [2.75, 3.05) is 21.3 Å². The largest absolute Gasteiger partial charge is 0.496 e. The van der Waals surface area contributed by atoms with Gasteiger partial charge in [-0.05, 0) is 12.1 Å². The van der Waals surface area contributed by atoms with Gasteiger partial charge in [-0.25, -0.2) is 0 Å². The highest BCUT2D eigenvalue weighted by atomic mass is 16.5. The normalized spacial score (nSPS) is 10.6. The Bertz CT molecular complexity index is 583. The standard InChI is InChI=1S/C13H17N3O4/c1-17-7-8-4-11(19-3)9(5-10(8)18-2)13-15-12(6-14)20-16-13/h4-5H,6-7,14H2,1-3H3. The molecule has 1 heterocycles. The van der Waals surface area contributed by atoms with Crippen molar-refractivity contribution in [3.8, 4) is 22.9 Å². The Labute approximate surface area is 116 Å². The zero-order valence-electron chi connectivity index (χ0n) is 11.7. The maximum atomic E-state index is 5.46. The van der Waals surface area contributed by atoms with E-state index in [1.54, 1.807) is 27.4 Å². The number of methoxy groups -OCH3 is 3. The van der Waals surface area contributed by atoms with Crippen LogP contribution in [-0.2, 0) is 17.9 Å². The Morgan fingerprint density at radius 2 is 1.90 bits per heavy atom. The van der Waals surface area contributed by atoms with Crippen LogP contribution in [0.25, 0.3) is 11.4 Å². The molecule has 0 fully saturated rings. The lowest BCUT2D eigenvalue weighted by molar-refractivity contribution is 0.181. The predicted octanol–water partition coefficient (Wildman–Crippen LogP) is 1.36. The fraction of sp³-hybridized carbons (Fsp3) is 0.385. The van der Waals surface area contributed by atoms with Gasteiger partial charge in [-0.2, -0.15) is 4.98 Å². The quantitative estimate of drug-likeness (QED) is 0.853. The molecule has 0 aliphatic rings. The molecule has 0 aliphatic carbocycles. The second kappa shape index (κ2) is 6.36. The third-order valence-corrected chi connectivity index (χ3v) is 2.79. The number of nitrogens with two attached hydrogens (primary N) is 1. The van der Waals surface area contributed by atoms with Crippen molar-refractivity contribution in [2.24, 2.45) is 5.73 Å². The number of nitrogens with zero attached hydrogens (tertiary/aromatic N) is 2. The average Bonchev–Trinajstić information content (AvgIpc) is 2.95. The van der Waals surface area contributed by atoms with E-state index in [0.717, 1.165) is 5.56 Å². The molecule has 0 radical (unpaired) electrons. The molecule has 1 aromatic carbocycles. The van der Waals surface area contributed by atoms with Gasteiger partial charge in [-0.1, -0.05) is 5.16 Å². The second-order valence-corrected chi connectivity index (χ2v) is 4.01. The minimum atomic E-state index is 0.189. The van der Waals surface area contributed by atoms with Gasteiger partial charge in [-0.3, -0.25) is 0 Å². The molecular formula is C13H17N3O4. The highest BCUT2D eigenvalue weighted by Gasteiger charge is 2.17. The first-order valence-corrected chi connectivity index (χ1v) is 6.00. The Hall–Kier alpha value is -2.12. The van der Waals surface area contributed by atoms with Crippen LogP contribution < -0.4 is 15.2 Å². The summed E-state index contributed by atoms with van der Waals surface area (Å²) in [5, 5.41) is 3.88. The molecule has 0 saturated carbocycles. The van der Waals surface area contributed by atoms with Crippen molar-refractivity contribution in [3.63, 3.8) is 0 Å². The molecule has 0 bridgehead atoms. The van der Waals surface area contributed by atoms with Crippen LogP contribution >= 0.6 is 0 Å². The molecular weight excluding hydrogens is 262 g/mol. The minimum absolute atomic E-state index is 0.189. The van der Waals surface area contributed by atoms with Gasteiger partial charge in [0, 0.05) is 12.7 Å². The Kier molecular flexibility index (Phi) is 4.54. The summed E-state index contributed by atoms with van der Waals surface area (Å²) in [6.45, 7) is 0.605. The van der Waals surface area contributed by atoms with E-state index in [0.29, 0.717) is 35.4 Å². The number of hydrogen-bond acceptors (Lipinski definition) is 7. The molecule has 2 N–H and O–H groups in total. The molecule has 0 saturated heterocycles. The van der Waals surface area contributed by atoms with Crippen LogP contribution in [0.5, 0.6) is 11.5 Å². The molecule has 2 rings (SSSR count). The molecule has 7 nitrogen and oxygen atoms in total. The van der Waals surface area contributed by atoms with Crippen molar-refractivity contribution < 1.29 is 18.7 Å².